The molecule has 2 nitrogen and oxygen atoms in total. The van der Waals surface area contributed by atoms with Gasteiger partial charge in [-0.2, -0.15) is 0 Å². The monoisotopic (exact) mass is 291 g/mol. The summed E-state index contributed by atoms with van der Waals surface area (Å²) < 4.78 is 3.01. The van der Waals surface area contributed by atoms with Gasteiger partial charge in [-0.15, -0.1) is 0 Å². The number of allylic oxidation sites excluding steroid dienone is 5. The zero-order valence-corrected chi connectivity index (χ0v) is 11.3. The molecular weight excluding hydrogens is 277 g/mol. The first-order chi connectivity index (χ1) is 8.24. The Labute approximate surface area is 106 Å². The molecule has 3 heteroatoms. The van der Waals surface area contributed by atoms with Crippen molar-refractivity contribution < 1.29 is 0 Å². The van der Waals surface area contributed by atoms with Gasteiger partial charge in [-0.25, -0.2) is 0 Å². The number of nitrogens with zero attached hydrogens (tertiary/aromatic N) is 1. The Morgan fingerprint density at radius 3 is 2.82 bits per heavy atom. The second-order valence-electron chi connectivity index (χ2n) is 3.62. The van der Waals surface area contributed by atoms with Crippen LogP contribution in [0.1, 0.15) is 6.92 Å². The summed E-state index contributed by atoms with van der Waals surface area (Å²) in [5.41, 5.74) is 1.09. The van der Waals surface area contributed by atoms with E-state index in [1.165, 1.54) is 0 Å². The first kappa shape index (κ1) is 11.9. The molecule has 2 rings (SSSR count). The van der Waals surface area contributed by atoms with Crippen molar-refractivity contribution in [2.45, 2.75) is 6.92 Å². The van der Waals surface area contributed by atoms with Crippen LogP contribution >= 0.6 is 0 Å². The minimum atomic E-state index is 0.0658. The molecule has 0 saturated heterocycles. The Hall–Kier alpha value is -1.57. The number of hydrogen-bond donors (Lipinski definition) is 0. The van der Waals surface area contributed by atoms with Crippen LogP contribution in [0.4, 0.5) is 0 Å². The molecule has 0 N–H and O–H groups in total. The average Bonchev–Trinajstić information content (AvgIpc) is 2.68. The summed E-state index contributed by atoms with van der Waals surface area (Å²) in [4.78, 5) is 12.1. The molecule has 0 unspecified atom stereocenters. The maximum atomic E-state index is 12.1. The number of rotatable bonds is 3. The molecule has 0 saturated carbocycles. The van der Waals surface area contributed by atoms with E-state index in [4.69, 9.17) is 0 Å². The van der Waals surface area contributed by atoms with Crippen molar-refractivity contribution in [2.24, 2.45) is 0 Å². The number of hydrogen-bond acceptors (Lipinski definition) is 1. The van der Waals surface area contributed by atoms with Gasteiger partial charge in [-0.1, -0.05) is 0 Å². The van der Waals surface area contributed by atoms with Crippen LogP contribution in [0.2, 0.25) is 0 Å². The van der Waals surface area contributed by atoms with E-state index in [0.717, 1.165) is 15.3 Å². The topological polar surface area (TPSA) is 22.0 Å². The van der Waals surface area contributed by atoms with E-state index in [1.54, 1.807) is 6.08 Å². The van der Waals surface area contributed by atoms with Crippen LogP contribution < -0.4 is 5.56 Å². The third-order valence-corrected chi connectivity index (χ3v) is 4.89. The molecule has 0 atom stereocenters. The first-order valence-electron chi connectivity index (χ1n) is 5.31. The molecule has 0 aliphatic carbocycles. The quantitative estimate of drug-likeness (QED) is 0.629. The third-order valence-electron chi connectivity index (χ3n) is 2.40. The number of fused-ring (bicyclic) bond motifs is 1. The Bertz CT molecular complexity index is 658. The van der Waals surface area contributed by atoms with Gasteiger partial charge in [-0.05, 0) is 0 Å². The fourth-order valence-corrected chi connectivity index (χ4v) is 3.59. The van der Waals surface area contributed by atoms with Gasteiger partial charge in [0, 0.05) is 0 Å². The van der Waals surface area contributed by atoms with E-state index < -0.39 is 0 Å². The summed E-state index contributed by atoms with van der Waals surface area (Å²) in [5.74, 6) is 0. The molecule has 1 aromatic carbocycles. The Balaban J connectivity index is 2.53. The zero-order chi connectivity index (χ0) is 12.3. The van der Waals surface area contributed by atoms with Crippen LogP contribution in [0.15, 0.2) is 59.9 Å². The normalized spacial score (nSPS) is 12.4. The van der Waals surface area contributed by atoms with E-state index in [-0.39, 0.29) is 20.3 Å². The molecule has 0 fully saturated rings. The summed E-state index contributed by atoms with van der Waals surface area (Å²) in [6, 6.07) is 7.81. The van der Waals surface area contributed by atoms with Gasteiger partial charge < -0.3 is 0 Å². The van der Waals surface area contributed by atoms with Crippen LogP contribution in [0, 0.1) is 0 Å². The van der Waals surface area contributed by atoms with Crippen LogP contribution in [0.5, 0.6) is 0 Å². The van der Waals surface area contributed by atoms with Gasteiger partial charge in [0.15, 0.2) is 0 Å². The average molecular weight is 290 g/mol. The Morgan fingerprint density at radius 1 is 1.35 bits per heavy atom. The summed E-state index contributed by atoms with van der Waals surface area (Å²) in [6.45, 7) is 5.57. The molecule has 2 aromatic rings. The van der Waals surface area contributed by atoms with Gasteiger partial charge in [-0.3, -0.25) is 0 Å². The van der Waals surface area contributed by atoms with Gasteiger partial charge >= 0.3 is 106 Å². The molecule has 0 bridgehead atoms. The molecular formula is C14H13NOSe. The van der Waals surface area contributed by atoms with Crippen LogP contribution in [-0.2, 0) is 0 Å². The summed E-state index contributed by atoms with van der Waals surface area (Å²) in [6.07, 6.45) is 7.40. The third kappa shape index (κ3) is 2.41. The van der Waals surface area contributed by atoms with Crippen molar-refractivity contribution in [1.29, 1.82) is 0 Å². The molecule has 0 aliphatic heterocycles. The zero-order valence-electron chi connectivity index (χ0n) is 9.59. The molecule has 17 heavy (non-hydrogen) atoms. The van der Waals surface area contributed by atoms with Crippen LogP contribution in [0.25, 0.3) is 15.3 Å². The van der Waals surface area contributed by atoms with Crippen LogP contribution in [0.3, 0.4) is 0 Å². The van der Waals surface area contributed by atoms with E-state index >= 15 is 0 Å². The van der Waals surface area contributed by atoms with Crippen molar-refractivity contribution in [3.63, 3.8) is 0 Å². The van der Waals surface area contributed by atoms with Gasteiger partial charge in [0.2, 0.25) is 0 Å². The van der Waals surface area contributed by atoms with E-state index in [9.17, 15) is 4.79 Å². The molecule has 1 aromatic heterocycles. The molecule has 0 spiro atoms. The second-order valence-corrected chi connectivity index (χ2v) is 5.69. The first-order valence-corrected chi connectivity index (χ1v) is 6.93. The Morgan fingerprint density at radius 2 is 2.12 bits per heavy atom. The summed E-state index contributed by atoms with van der Waals surface area (Å²) >= 11 is 0.0658. The van der Waals surface area contributed by atoms with Crippen LogP contribution in [-0.4, -0.2) is 18.3 Å². The van der Waals surface area contributed by atoms with Crippen molar-refractivity contribution in [1.82, 2.24) is 3.56 Å². The maximum absolute atomic E-state index is 12.1. The second kappa shape index (κ2) is 5.17. The van der Waals surface area contributed by atoms with Gasteiger partial charge in [0.05, 0.1) is 0 Å². The SMILES string of the molecule is C=C/C=C\C=C(/C)n1[se]c2ccccc2c1=O. The van der Waals surface area contributed by atoms with Gasteiger partial charge in [0.1, 0.15) is 0 Å². The van der Waals surface area contributed by atoms with Crippen molar-refractivity contribution >= 4 is 30.1 Å². The van der Waals surface area contributed by atoms with Crippen molar-refractivity contribution in [2.75, 3.05) is 0 Å². The molecule has 0 amide bonds. The summed E-state index contributed by atoms with van der Waals surface area (Å²) in [7, 11) is 0. The van der Waals surface area contributed by atoms with E-state index in [2.05, 4.69) is 6.58 Å². The summed E-state index contributed by atoms with van der Waals surface area (Å²) in [5, 5.41) is 0.841. The predicted molar refractivity (Wildman–Crippen MR) is 74.4 cm³/mol. The fourth-order valence-electron chi connectivity index (χ4n) is 1.55. The van der Waals surface area contributed by atoms with Crippen molar-refractivity contribution in [3.8, 4) is 0 Å². The Kier molecular flexibility index (Phi) is 3.62. The molecule has 1 heterocycles. The molecule has 0 radical (unpaired) electrons. The fraction of sp³-hybridized carbons (Fsp3) is 0.0714. The molecule has 0 aliphatic rings. The van der Waals surface area contributed by atoms with E-state index in [0.29, 0.717) is 0 Å². The standard InChI is InChI=1S/C14H13NOSe/c1-3-4-5-8-11(2)15-14(16)12-9-6-7-10-13(12)17-15/h3-10H,1H2,2H3/b5-4-,11-8+. The van der Waals surface area contributed by atoms with Gasteiger partial charge in [0.25, 0.3) is 0 Å². The predicted octanol–water partition coefficient (Wildman–Crippen LogP) is 2.66. The minimum absolute atomic E-state index is 0.0658. The van der Waals surface area contributed by atoms with E-state index in [1.807, 2.05) is 53.0 Å². The number of benzene rings is 1. The van der Waals surface area contributed by atoms with Crippen molar-refractivity contribution in [3.05, 3.63) is 65.5 Å². The molecule has 86 valence electrons. The number of aromatic nitrogens is 1.